The highest BCUT2D eigenvalue weighted by atomic mass is 32.2. The highest BCUT2D eigenvalue weighted by Crippen LogP contribution is 2.32. The molecule has 3 aromatic carbocycles. The van der Waals surface area contributed by atoms with Crippen LogP contribution in [0.2, 0.25) is 0 Å². The number of carbonyl (C=O) groups is 1. The molecule has 2 heterocycles. The quantitative estimate of drug-likeness (QED) is 0.280. The van der Waals surface area contributed by atoms with Crippen LogP contribution in [0, 0.1) is 0 Å². The van der Waals surface area contributed by atoms with Gasteiger partial charge in [0.2, 0.25) is 10.0 Å². The molecule has 1 aromatic heterocycles. The van der Waals surface area contributed by atoms with Crippen molar-refractivity contribution in [3.63, 3.8) is 0 Å². The normalized spacial score (nSPS) is 14.5. The lowest BCUT2D eigenvalue weighted by atomic mass is 10.2. The molecule has 0 atom stereocenters. The van der Waals surface area contributed by atoms with Gasteiger partial charge >= 0.3 is 0 Å². The van der Waals surface area contributed by atoms with E-state index in [2.05, 4.69) is 21.2 Å². The van der Waals surface area contributed by atoms with E-state index < -0.39 is 10.0 Å². The molecule has 1 N–H and O–H groups in total. The van der Waals surface area contributed by atoms with E-state index in [1.807, 2.05) is 49.4 Å². The van der Waals surface area contributed by atoms with Crippen LogP contribution in [0.15, 0.2) is 77.7 Å². The molecule has 1 amide bonds. The van der Waals surface area contributed by atoms with Crippen LogP contribution >= 0.6 is 11.3 Å². The van der Waals surface area contributed by atoms with Crippen molar-refractivity contribution in [1.82, 2.24) is 19.5 Å². The van der Waals surface area contributed by atoms with Crippen LogP contribution in [-0.2, 0) is 16.6 Å². The molecular weight excluding hydrogens is 558 g/mol. The van der Waals surface area contributed by atoms with Gasteiger partial charge in [-0.25, -0.2) is 13.4 Å². The van der Waals surface area contributed by atoms with Gasteiger partial charge in [0.1, 0.15) is 5.75 Å². The molecule has 9 nitrogen and oxygen atoms in total. The van der Waals surface area contributed by atoms with Crippen LogP contribution in [0.1, 0.15) is 22.8 Å². The molecule has 41 heavy (non-hydrogen) atoms. The topological polar surface area (TPSA) is 95.1 Å². The largest absolute Gasteiger partial charge is 0.494 e. The predicted octanol–water partition coefficient (Wildman–Crippen LogP) is 4.07. The third kappa shape index (κ3) is 7.05. The third-order valence-corrected chi connectivity index (χ3v) is 9.99. The molecule has 1 fully saturated rings. The second kappa shape index (κ2) is 13.0. The number of thiazole rings is 1. The Labute approximate surface area is 245 Å². The number of piperazine rings is 1. The molecule has 0 bridgehead atoms. The summed E-state index contributed by atoms with van der Waals surface area (Å²) in [5.74, 6) is 0.653. The van der Waals surface area contributed by atoms with Crippen molar-refractivity contribution < 1.29 is 17.9 Å². The van der Waals surface area contributed by atoms with Crippen molar-refractivity contribution in [1.29, 1.82) is 0 Å². The molecule has 0 unspecified atom stereocenters. The number of carbonyl (C=O) groups excluding carboxylic acids is 1. The molecule has 1 saturated heterocycles. The van der Waals surface area contributed by atoms with Gasteiger partial charge in [0.15, 0.2) is 5.13 Å². The Balaban J connectivity index is 1.07. The van der Waals surface area contributed by atoms with Gasteiger partial charge in [-0.1, -0.05) is 41.7 Å². The van der Waals surface area contributed by atoms with Crippen molar-refractivity contribution in [2.75, 3.05) is 57.8 Å². The molecule has 11 heteroatoms. The van der Waals surface area contributed by atoms with E-state index in [1.165, 1.54) is 16.4 Å². The fourth-order valence-electron chi connectivity index (χ4n) is 4.76. The lowest BCUT2D eigenvalue weighted by molar-refractivity contribution is 0.0947. The van der Waals surface area contributed by atoms with Crippen LogP contribution in [0.25, 0.3) is 10.2 Å². The van der Waals surface area contributed by atoms with Crippen molar-refractivity contribution in [2.45, 2.75) is 18.4 Å². The maximum atomic E-state index is 13.0. The predicted molar refractivity (Wildman–Crippen MR) is 163 cm³/mol. The molecule has 0 spiro atoms. The molecule has 1 aliphatic rings. The van der Waals surface area contributed by atoms with E-state index in [4.69, 9.17) is 9.72 Å². The summed E-state index contributed by atoms with van der Waals surface area (Å²) in [7, 11) is -2.11. The Bertz CT molecular complexity index is 1570. The lowest BCUT2D eigenvalue weighted by Gasteiger charge is -2.34. The van der Waals surface area contributed by atoms with Crippen LogP contribution in [0.5, 0.6) is 5.75 Å². The zero-order valence-corrected chi connectivity index (χ0v) is 25.0. The van der Waals surface area contributed by atoms with E-state index in [-0.39, 0.29) is 17.3 Å². The summed E-state index contributed by atoms with van der Waals surface area (Å²) in [6.45, 7) is 7.68. The number of ether oxygens (including phenoxy) is 1. The zero-order chi connectivity index (χ0) is 28.8. The van der Waals surface area contributed by atoms with Gasteiger partial charge in [-0.05, 0) is 55.0 Å². The first kappa shape index (κ1) is 29.0. The van der Waals surface area contributed by atoms with Gasteiger partial charge in [0.05, 0.1) is 21.7 Å². The number of amides is 1. The smallest absolute Gasteiger partial charge is 0.251 e. The molecule has 0 radical (unpaired) electrons. The maximum absolute atomic E-state index is 13.0. The van der Waals surface area contributed by atoms with Crippen LogP contribution in [-0.4, -0.2) is 81.4 Å². The minimum Gasteiger partial charge on any atom is -0.494 e. The van der Waals surface area contributed by atoms with Crippen LogP contribution in [0.3, 0.4) is 0 Å². The standard InChI is InChI=1S/C30H35N5O4S2/c1-3-39-25-11-14-27-28(21-25)40-30(32-27)35-19-17-34(18-20-35)16-15-31-29(36)24-9-12-26(13-10-24)41(37,38)33(2)22-23-7-5-4-6-8-23/h4-14,21H,3,15-20,22H2,1-2H3,(H,31,36). The van der Waals surface area contributed by atoms with Crippen LogP contribution in [0.4, 0.5) is 5.13 Å². The van der Waals surface area contributed by atoms with Gasteiger partial charge in [-0.3, -0.25) is 9.69 Å². The summed E-state index contributed by atoms with van der Waals surface area (Å²) in [6.07, 6.45) is 0. The minimum absolute atomic E-state index is 0.160. The number of anilines is 1. The maximum Gasteiger partial charge on any atom is 0.251 e. The lowest BCUT2D eigenvalue weighted by Crippen LogP contribution is -2.48. The Hall–Kier alpha value is -3.51. The van der Waals surface area contributed by atoms with Gasteiger partial charge in [0.25, 0.3) is 5.91 Å². The monoisotopic (exact) mass is 593 g/mol. The zero-order valence-electron chi connectivity index (χ0n) is 23.3. The number of rotatable bonds is 11. The highest BCUT2D eigenvalue weighted by molar-refractivity contribution is 7.89. The van der Waals surface area contributed by atoms with Crippen molar-refractivity contribution in [3.8, 4) is 5.75 Å². The van der Waals surface area contributed by atoms with Gasteiger partial charge in [-0.2, -0.15) is 4.31 Å². The minimum atomic E-state index is -3.67. The second-order valence-electron chi connectivity index (χ2n) is 9.91. The van der Waals surface area contributed by atoms with Crippen molar-refractivity contribution >= 4 is 42.6 Å². The molecule has 0 saturated carbocycles. The summed E-state index contributed by atoms with van der Waals surface area (Å²) in [4.78, 5) is 22.3. The number of nitrogens with zero attached hydrogens (tertiary/aromatic N) is 4. The number of nitrogens with one attached hydrogen (secondary N) is 1. The molecule has 5 rings (SSSR count). The first-order chi connectivity index (χ1) is 19.8. The molecular formula is C30H35N5O4S2. The van der Waals surface area contributed by atoms with E-state index in [0.717, 1.165) is 59.4 Å². The number of fused-ring (bicyclic) bond motifs is 1. The molecule has 1 aliphatic heterocycles. The van der Waals surface area contributed by atoms with Gasteiger partial charge < -0.3 is 15.0 Å². The summed E-state index contributed by atoms with van der Waals surface area (Å²) in [5, 5.41) is 3.99. The van der Waals surface area contributed by atoms with E-state index in [1.54, 1.807) is 30.5 Å². The molecule has 4 aromatic rings. The Kier molecular flexibility index (Phi) is 9.19. The van der Waals surface area contributed by atoms with E-state index in [9.17, 15) is 13.2 Å². The average Bonchev–Trinajstić information content (AvgIpc) is 3.42. The number of hydrogen-bond acceptors (Lipinski definition) is 8. The van der Waals surface area contributed by atoms with Crippen LogP contribution < -0.4 is 15.0 Å². The third-order valence-electron chi connectivity index (χ3n) is 7.09. The average molecular weight is 594 g/mol. The molecule has 0 aliphatic carbocycles. The van der Waals surface area contributed by atoms with Gasteiger partial charge in [0, 0.05) is 58.4 Å². The summed E-state index contributed by atoms with van der Waals surface area (Å²) in [5.41, 5.74) is 2.33. The first-order valence-electron chi connectivity index (χ1n) is 13.7. The second-order valence-corrected chi connectivity index (χ2v) is 13.0. The number of aromatic nitrogens is 1. The fraction of sp³-hybridized carbons (Fsp3) is 0.333. The number of sulfonamides is 1. The summed E-state index contributed by atoms with van der Waals surface area (Å²) >= 11 is 1.69. The Morgan fingerprint density at radius 1 is 1.02 bits per heavy atom. The van der Waals surface area contributed by atoms with Crippen molar-refractivity contribution in [3.05, 3.63) is 83.9 Å². The Morgan fingerprint density at radius 3 is 2.46 bits per heavy atom. The fourth-order valence-corrected chi connectivity index (χ4v) is 6.97. The summed E-state index contributed by atoms with van der Waals surface area (Å²) in [6, 6.07) is 21.6. The first-order valence-corrected chi connectivity index (χ1v) is 16.0. The number of benzene rings is 3. The van der Waals surface area contributed by atoms with Crippen molar-refractivity contribution in [2.24, 2.45) is 0 Å². The SMILES string of the molecule is CCOc1ccc2nc(N3CCN(CCNC(=O)c4ccc(S(=O)(=O)N(C)Cc5ccccc5)cc4)CC3)sc2c1. The number of hydrogen-bond donors (Lipinski definition) is 1. The highest BCUT2D eigenvalue weighted by Gasteiger charge is 2.22. The van der Waals surface area contributed by atoms with E-state index in [0.29, 0.717) is 18.7 Å². The van der Waals surface area contributed by atoms with Gasteiger partial charge in [-0.15, -0.1) is 0 Å². The summed E-state index contributed by atoms with van der Waals surface area (Å²) < 4.78 is 34.0. The molecule has 216 valence electrons. The Morgan fingerprint density at radius 2 is 1.76 bits per heavy atom. The van der Waals surface area contributed by atoms with E-state index >= 15 is 0 Å².